The zero-order chi connectivity index (χ0) is 10.7. The van der Waals surface area contributed by atoms with Gasteiger partial charge in [-0.15, -0.1) is 0 Å². The normalized spacial score (nSPS) is 10.5. The third-order valence-corrected chi connectivity index (χ3v) is 2.41. The lowest BCUT2D eigenvalue weighted by Crippen LogP contribution is -1.90. The molecule has 2 N–H and O–H groups in total. The summed E-state index contributed by atoms with van der Waals surface area (Å²) in [6.07, 6.45) is 1.73. The molecule has 78 valence electrons. The lowest BCUT2D eigenvalue weighted by atomic mass is 10.1. The van der Waals surface area contributed by atoms with Gasteiger partial charge in [-0.1, -0.05) is 28.9 Å². The molecule has 3 nitrogen and oxygen atoms in total. The van der Waals surface area contributed by atoms with Crippen LogP contribution in [0.25, 0.3) is 0 Å². The second-order valence-corrected chi connectivity index (χ2v) is 3.78. The van der Waals surface area contributed by atoms with E-state index < -0.39 is 0 Å². The van der Waals surface area contributed by atoms with E-state index in [4.69, 9.17) is 21.9 Å². The minimum absolute atomic E-state index is 0.362. The van der Waals surface area contributed by atoms with Gasteiger partial charge in [-0.25, -0.2) is 0 Å². The molecule has 0 aliphatic rings. The molecule has 4 heteroatoms. The number of nitrogens with two attached hydrogens (primary N) is 1. The summed E-state index contributed by atoms with van der Waals surface area (Å²) in [7, 11) is 0. The van der Waals surface area contributed by atoms with Gasteiger partial charge in [0, 0.05) is 11.1 Å². The first-order chi connectivity index (χ1) is 7.24. The maximum atomic E-state index is 5.79. The lowest BCUT2D eigenvalue weighted by molar-refractivity contribution is 0.427. The first-order valence-electron chi connectivity index (χ1n) is 4.69. The van der Waals surface area contributed by atoms with Crippen molar-refractivity contribution in [2.24, 2.45) is 0 Å². The van der Waals surface area contributed by atoms with Crippen molar-refractivity contribution < 1.29 is 4.52 Å². The smallest absolute Gasteiger partial charge is 0.222 e. The molecule has 0 spiro atoms. The fourth-order valence-electron chi connectivity index (χ4n) is 1.37. The summed E-state index contributed by atoms with van der Waals surface area (Å²) in [5.41, 5.74) is 7.52. The molecule has 2 rings (SSSR count). The molecule has 0 aliphatic heterocycles. The van der Waals surface area contributed by atoms with Crippen molar-refractivity contribution in [2.75, 3.05) is 5.73 Å². The van der Waals surface area contributed by atoms with Gasteiger partial charge in [0.05, 0.1) is 5.69 Å². The van der Waals surface area contributed by atoms with Crippen molar-refractivity contribution in [3.05, 3.63) is 46.6 Å². The third-order valence-electron chi connectivity index (χ3n) is 2.16. The summed E-state index contributed by atoms with van der Waals surface area (Å²) in [5.74, 6) is 0.362. The van der Waals surface area contributed by atoms with Crippen LogP contribution in [0.5, 0.6) is 0 Å². The molecule has 2 aromatic rings. The highest BCUT2D eigenvalue weighted by molar-refractivity contribution is 6.30. The number of aryl methyl sites for hydroxylation is 2. The number of hydrogen-bond donors (Lipinski definition) is 1. The van der Waals surface area contributed by atoms with Crippen molar-refractivity contribution in [1.82, 2.24) is 5.16 Å². The van der Waals surface area contributed by atoms with E-state index in [1.54, 1.807) is 6.07 Å². The number of hydrogen-bond acceptors (Lipinski definition) is 3. The van der Waals surface area contributed by atoms with Gasteiger partial charge in [-0.3, -0.25) is 0 Å². The van der Waals surface area contributed by atoms with Crippen LogP contribution >= 0.6 is 11.6 Å². The molecule has 0 amide bonds. The number of benzene rings is 1. The van der Waals surface area contributed by atoms with Gasteiger partial charge in [0.15, 0.2) is 0 Å². The molecule has 0 bridgehead atoms. The topological polar surface area (TPSA) is 52.0 Å². The van der Waals surface area contributed by atoms with Crippen LogP contribution in [0.4, 0.5) is 5.88 Å². The number of nitrogen functional groups attached to an aromatic ring is 1. The number of aromatic nitrogens is 1. The third kappa shape index (κ3) is 2.73. The number of rotatable bonds is 3. The van der Waals surface area contributed by atoms with Crippen LogP contribution < -0.4 is 5.73 Å². The summed E-state index contributed by atoms with van der Waals surface area (Å²) in [6.45, 7) is 0. The predicted molar refractivity (Wildman–Crippen MR) is 59.8 cm³/mol. The zero-order valence-electron chi connectivity index (χ0n) is 8.11. The summed E-state index contributed by atoms with van der Waals surface area (Å²) < 4.78 is 4.78. The SMILES string of the molecule is Nc1cc(CCc2ccc(Cl)cc2)no1. The highest BCUT2D eigenvalue weighted by Gasteiger charge is 2.01. The standard InChI is InChI=1S/C11H11ClN2O/c12-9-4-1-8(2-5-9)3-6-10-7-11(13)15-14-10/h1-2,4-5,7H,3,6,13H2. The van der Waals surface area contributed by atoms with E-state index >= 15 is 0 Å². The van der Waals surface area contributed by atoms with Crippen molar-refractivity contribution in [3.8, 4) is 0 Å². The Morgan fingerprint density at radius 2 is 1.93 bits per heavy atom. The van der Waals surface area contributed by atoms with Gasteiger partial charge in [0.25, 0.3) is 0 Å². The molecular weight excluding hydrogens is 212 g/mol. The number of halogens is 1. The predicted octanol–water partition coefficient (Wildman–Crippen LogP) is 2.70. The number of anilines is 1. The van der Waals surface area contributed by atoms with Crippen molar-refractivity contribution in [3.63, 3.8) is 0 Å². The molecule has 1 aromatic heterocycles. The summed E-state index contributed by atoms with van der Waals surface area (Å²) in [4.78, 5) is 0. The number of nitrogens with zero attached hydrogens (tertiary/aromatic N) is 1. The van der Waals surface area contributed by atoms with Crippen LogP contribution in [0.3, 0.4) is 0 Å². The summed E-state index contributed by atoms with van der Waals surface area (Å²) in [6, 6.07) is 9.52. The second kappa shape index (κ2) is 4.36. The van der Waals surface area contributed by atoms with Crippen LogP contribution in [0, 0.1) is 0 Å². The van der Waals surface area contributed by atoms with Crippen LogP contribution in [0.1, 0.15) is 11.3 Å². The average Bonchev–Trinajstić information content (AvgIpc) is 2.64. The molecule has 0 radical (unpaired) electrons. The van der Waals surface area contributed by atoms with Gasteiger partial charge >= 0.3 is 0 Å². The highest BCUT2D eigenvalue weighted by Crippen LogP contribution is 2.12. The van der Waals surface area contributed by atoms with E-state index in [0.717, 1.165) is 23.6 Å². The Labute approximate surface area is 92.8 Å². The van der Waals surface area contributed by atoms with Crippen molar-refractivity contribution >= 4 is 17.5 Å². The van der Waals surface area contributed by atoms with Gasteiger partial charge < -0.3 is 10.3 Å². The molecule has 0 saturated carbocycles. The Hall–Kier alpha value is -1.48. The molecule has 0 saturated heterocycles. The van der Waals surface area contributed by atoms with Crippen molar-refractivity contribution in [1.29, 1.82) is 0 Å². The first kappa shape index (κ1) is 10.1. The molecule has 0 unspecified atom stereocenters. The minimum Gasteiger partial charge on any atom is -0.368 e. The Balaban J connectivity index is 1.96. The van der Waals surface area contributed by atoms with E-state index in [2.05, 4.69) is 5.16 Å². The van der Waals surface area contributed by atoms with Gasteiger partial charge in [0.1, 0.15) is 0 Å². The van der Waals surface area contributed by atoms with E-state index in [-0.39, 0.29) is 0 Å². The fraction of sp³-hybridized carbons (Fsp3) is 0.182. The minimum atomic E-state index is 0.362. The highest BCUT2D eigenvalue weighted by atomic mass is 35.5. The molecule has 0 fully saturated rings. The van der Waals surface area contributed by atoms with E-state index in [9.17, 15) is 0 Å². The maximum absolute atomic E-state index is 5.79. The summed E-state index contributed by atoms with van der Waals surface area (Å²) >= 11 is 5.79. The fourth-order valence-corrected chi connectivity index (χ4v) is 1.50. The molecule has 15 heavy (non-hydrogen) atoms. The average molecular weight is 223 g/mol. The maximum Gasteiger partial charge on any atom is 0.222 e. The molecule has 0 aliphatic carbocycles. The van der Waals surface area contributed by atoms with Crippen LogP contribution in [0.2, 0.25) is 5.02 Å². The van der Waals surface area contributed by atoms with Crippen molar-refractivity contribution in [2.45, 2.75) is 12.8 Å². The monoisotopic (exact) mass is 222 g/mol. The molecule has 1 aromatic carbocycles. The first-order valence-corrected chi connectivity index (χ1v) is 5.07. The summed E-state index contributed by atoms with van der Waals surface area (Å²) in [5, 5.41) is 4.58. The van der Waals surface area contributed by atoms with E-state index in [1.807, 2.05) is 24.3 Å². The molecule has 0 atom stereocenters. The Morgan fingerprint density at radius 1 is 1.20 bits per heavy atom. The van der Waals surface area contributed by atoms with E-state index in [0.29, 0.717) is 5.88 Å². The van der Waals surface area contributed by atoms with Crippen LogP contribution in [-0.2, 0) is 12.8 Å². The van der Waals surface area contributed by atoms with Gasteiger partial charge in [0.2, 0.25) is 5.88 Å². The second-order valence-electron chi connectivity index (χ2n) is 3.35. The Kier molecular flexibility index (Phi) is 2.92. The Morgan fingerprint density at radius 3 is 2.53 bits per heavy atom. The quantitative estimate of drug-likeness (QED) is 0.869. The lowest BCUT2D eigenvalue weighted by Gasteiger charge is -1.98. The van der Waals surface area contributed by atoms with Crippen LogP contribution in [0.15, 0.2) is 34.9 Å². The van der Waals surface area contributed by atoms with E-state index in [1.165, 1.54) is 5.56 Å². The largest absolute Gasteiger partial charge is 0.368 e. The Bertz CT molecular complexity index is 436. The molecule has 1 heterocycles. The molecular formula is C11H11ClN2O. The zero-order valence-corrected chi connectivity index (χ0v) is 8.87. The van der Waals surface area contributed by atoms with Gasteiger partial charge in [-0.05, 0) is 30.5 Å². The van der Waals surface area contributed by atoms with Crippen LogP contribution in [-0.4, -0.2) is 5.16 Å². The van der Waals surface area contributed by atoms with Gasteiger partial charge in [-0.2, -0.15) is 0 Å².